The fourth-order valence-electron chi connectivity index (χ4n) is 0.204. The van der Waals surface area contributed by atoms with Gasteiger partial charge in [0.25, 0.3) is 0 Å². The van der Waals surface area contributed by atoms with Crippen molar-refractivity contribution in [1.29, 1.82) is 0 Å². The predicted octanol–water partition coefficient (Wildman–Crippen LogP) is 1.18. The van der Waals surface area contributed by atoms with Crippen molar-refractivity contribution < 1.29 is 4.74 Å². The second-order valence-corrected chi connectivity index (χ2v) is 0.781. The molecule has 0 rings (SSSR count). The highest BCUT2D eigenvalue weighted by Crippen LogP contribution is 1.64. The minimum atomic E-state index is 0. The first-order valence-corrected chi connectivity index (χ1v) is 4.53. The van der Waals surface area contributed by atoms with Gasteiger partial charge in [0, 0.05) is 13.2 Å². The summed E-state index contributed by atoms with van der Waals surface area (Å²) in [5, 5.41) is 0. The zero-order chi connectivity index (χ0) is 6.12. The van der Waals surface area contributed by atoms with Crippen LogP contribution in [0, 0.1) is 0 Å². The van der Waals surface area contributed by atoms with Crippen LogP contribution in [0.25, 0.3) is 0 Å². The lowest BCUT2D eigenvalue weighted by Gasteiger charge is -1.86. The molecule has 0 atom stereocenters. The van der Waals surface area contributed by atoms with Gasteiger partial charge in [-0.25, -0.2) is 0 Å². The topological polar surface area (TPSA) is 9.23 Å². The molecule has 1 nitrogen and oxygen atoms in total. The maximum Gasteiger partial charge on any atom is 0.316 e. The molecule has 0 aliphatic rings. The largest absolute Gasteiger partial charge is 0.382 e. The van der Waals surface area contributed by atoms with E-state index in [1.54, 1.807) is 0 Å². The van der Waals surface area contributed by atoms with Crippen LogP contribution in [0.2, 0.25) is 0 Å². The molecule has 0 aromatic rings. The minimum Gasteiger partial charge on any atom is -0.382 e. The summed E-state index contributed by atoms with van der Waals surface area (Å²) in [6.45, 7) is 5.67. The summed E-state index contributed by atoms with van der Waals surface area (Å²) in [7, 11) is 0. The number of hydrogen-bond acceptors (Lipinski definition) is 1. The van der Waals surface area contributed by atoms with Gasteiger partial charge in [-0.1, -0.05) is 22.6 Å². The SMILES string of the molecule is CCOCC.CI.[MgH2]. The molecule has 0 aliphatic heterocycles. The molecule has 0 bridgehead atoms. The normalized spacial score (nSPS) is 6.00. The van der Waals surface area contributed by atoms with E-state index in [2.05, 4.69) is 22.6 Å². The first kappa shape index (κ1) is 16.2. The van der Waals surface area contributed by atoms with Gasteiger partial charge in [0.05, 0.1) is 0 Å². The molecule has 0 N–H and O–H groups in total. The Kier molecular flexibility index (Phi) is 48.0. The molecule has 0 spiro atoms. The van der Waals surface area contributed by atoms with Crippen LogP contribution in [0.3, 0.4) is 0 Å². The van der Waals surface area contributed by atoms with E-state index < -0.39 is 0 Å². The van der Waals surface area contributed by atoms with Crippen molar-refractivity contribution in [2.75, 3.05) is 18.1 Å². The number of halogens is 1. The maximum atomic E-state index is 4.83. The van der Waals surface area contributed by atoms with Gasteiger partial charge in [-0.15, -0.1) is 0 Å². The zero-order valence-electron chi connectivity index (χ0n) is 5.20. The second-order valence-electron chi connectivity index (χ2n) is 0.781. The molecule has 0 aromatic heterocycles. The van der Waals surface area contributed by atoms with E-state index in [1.165, 1.54) is 0 Å². The summed E-state index contributed by atoms with van der Waals surface area (Å²) in [5.74, 6) is 0. The number of alkyl halides is 1. The lowest BCUT2D eigenvalue weighted by molar-refractivity contribution is 0.162. The Balaban J connectivity index is -0.0000000750. The average Bonchev–Trinajstić information content (AvgIpc) is 1.75. The molecule has 0 saturated carbocycles. The molecule has 0 amide bonds. The van der Waals surface area contributed by atoms with Crippen LogP contribution < -0.4 is 0 Å². The number of ether oxygens (including phenoxy) is 1. The van der Waals surface area contributed by atoms with E-state index in [0.717, 1.165) is 13.2 Å². The van der Waals surface area contributed by atoms with Crippen LogP contribution in [0.15, 0.2) is 0 Å². The first-order valence-electron chi connectivity index (χ1n) is 2.37. The van der Waals surface area contributed by atoms with E-state index in [9.17, 15) is 0 Å². The smallest absolute Gasteiger partial charge is 0.316 e. The van der Waals surface area contributed by atoms with Crippen molar-refractivity contribution in [3.63, 3.8) is 0 Å². The summed E-state index contributed by atoms with van der Waals surface area (Å²) < 4.78 is 4.83. The van der Waals surface area contributed by atoms with Crippen molar-refractivity contribution in [1.82, 2.24) is 0 Å². The Hall–Kier alpha value is 1.46. The highest BCUT2D eigenvalue weighted by Gasteiger charge is 1.64. The summed E-state index contributed by atoms with van der Waals surface area (Å²) >= 11 is 2.15. The Morgan fingerprint density at radius 2 is 1.38 bits per heavy atom. The van der Waals surface area contributed by atoms with Crippen molar-refractivity contribution in [3.05, 3.63) is 0 Å². The standard InChI is InChI=1S/C4H10O.CH3I.Mg.2H/c1-3-5-4-2;1-2;;;/h3-4H2,1-2H3;1H3;;;. The van der Waals surface area contributed by atoms with Gasteiger partial charge in [-0.3, -0.25) is 0 Å². The summed E-state index contributed by atoms with van der Waals surface area (Å²) in [5.41, 5.74) is 0. The summed E-state index contributed by atoms with van der Waals surface area (Å²) in [6, 6.07) is 0. The fourth-order valence-corrected chi connectivity index (χ4v) is 0.204. The van der Waals surface area contributed by atoms with Crippen molar-refractivity contribution in [3.8, 4) is 0 Å². The summed E-state index contributed by atoms with van der Waals surface area (Å²) in [4.78, 5) is 1.97. The second kappa shape index (κ2) is 23.7. The third-order valence-corrected chi connectivity index (χ3v) is 0.408. The van der Waals surface area contributed by atoms with Crippen molar-refractivity contribution >= 4 is 45.6 Å². The third-order valence-electron chi connectivity index (χ3n) is 0.408. The van der Waals surface area contributed by atoms with Gasteiger partial charge < -0.3 is 4.74 Å². The quantitative estimate of drug-likeness (QED) is 0.401. The molecule has 0 fully saturated rings. The van der Waals surface area contributed by atoms with E-state index in [0.29, 0.717) is 0 Å². The Morgan fingerprint density at radius 1 is 1.12 bits per heavy atom. The Labute approximate surface area is 81.9 Å². The predicted molar refractivity (Wildman–Crippen MR) is 50.7 cm³/mol. The van der Waals surface area contributed by atoms with Gasteiger partial charge in [-0.2, -0.15) is 0 Å². The third kappa shape index (κ3) is 26.0. The molecule has 3 heteroatoms. The van der Waals surface area contributed by atoms with Crippen LogP contribution in [-0.2, 0) is 4.74 Å². The molecule has 0 radical (unpaired) electrons. The monoisotopic (exact) mass is 242 g/mol. The lowest BCUT2D eigenvalue weighted by Crippen LogP contribution is -1.84. The minimum absolute atomic E-state index is 0. The highest BCUT2D eigenvalue weighted by atomic mass is 127. The molecular formula is C5H15IMgO. The molecular weight excluding hydrogens is 227 g/mol. The summed E-state index contributed by atoms with van der Waals surface area (Å²) in [6.07, 6.45) is 0. The first-order chi connectivity index (χ1) is 3.41. The number of rotatable bonds is 2. The average molecular weight is 242 g/mol. The van der Waals surface area contributed by atoms with Gasteiger partial charge >= 0.3 is 23.1 Å². The Morgan fingerprint density at radius 3 is 1.38 bits per heavy atom. The molecule has 0 unspecified atom stereocenters. The molecule has 0 saturated heterocycles. The molecule has 0 heterocycles. The molecule has 0 aromatic carbocycles. The van der Waals surface area contributed by atoms with Gasteiger partial charge in [0.15, 0.2) is 0 Å². The highest BCUT2D eigenvalue weighted by molar-refractivity contribution is 14.1. The van der Waals surface area contributed by atoms with Gasteiger partial charge in [0.1, 0.15) is 0 Å². The number of hydrogen-bond donors (Lipinski definition) is 0. The van der Waals surface area contributed by atoms with Gasteiger partial charge in [-0.05, 0) is 18.8 Å². The van der Waals surface area contributed by atoms with Crippen LogP contribution in [-0.4, -0.2) is 41.2 Å². The van der Waals surface area contributed by atoms with E-state index in [1.807, 2.05) is 18.8 Å². The molecule has 50 valence electrons. The van der Waals surface area contributed by atoms with E-state index >= 15 is 0 Å². The maximum absolute atomic E-state index is 4.83. The van der Waals surface area contributed by atoms with Crippen molar-refractivity contribution in [2.45, 2.75) is 13.8 Å². The molecule has 8 heavy (non-hydrogen) atoms. The van der Waals surface area contributed by atoms with E-state index in [4.69, 9.17) is 4.74 Å². The van der Waals surface area contributed by atoms with E-state index in [-0.39, 0.29) is 23.1 Å². The lowest BCUT2D eigenvalue weighted by atomic mass is 10.8. The van der Waals surface area contributed by atoms with Crippen LogP contribution in [0.1, 0.15) is 13.8 Å². The van der Waals surface area contributed by atoms with Crippen LogP contribution in [0.5, 0.6) is 0 Å². The molecule has 0 aliphatic carbocycles. The fraction of sp³-hybridized carbons (Fsp3) is 1.00. The Bertz CT molecular complexity index is 19.9. The van der Waals surface area contributed by atoms with Crippen LogP contribution in [0.4, 0.5) is 0 Å². The van der Waals surface area contributed by atoms with Crippen molar-refractivity contribution in [2.24, 2.45) is 0 Å². The van der Waals surface area contributed by atoms with Gasteiger partial charge in [0.2, 0.25) is 0 Å². The zero-order valence-corrected chi connectivity index (χ0v) is 7.36. The van der Waals surface area contributed by atoms with Crippen LogP contribution >= 0.6 is 22.6 Å².